The van der Waals surface area contributed by atoms with Crippen LogP contribution in [0.25, 0.3) is 0 Å². The monoisotopic (exact) mass is 207 g/mol. The number of carbonyl (C=O) groups excluding carboxylic acids is 1. The molecule has 0 radical (unpaired) electrons. The molecule has 0 spiro atoms. The summed E-state index contributed by atoms with van der Waals surface area (Å²) in [6.07, 6.45) is -0.739. The molecule has 0 saturated heterocycles. The lowest BCUT2D eigenvalue weighted by Gasteiger charge is -2.10. The van der Waals surface area contributed by atoms with E-state index in [1.54, 1.807) is 0 Å². The van der Waals surface area contributed by atoms with E-state index in [2.05, 4.69) is 12.6 Å². The predicted molar refractivity (Wildman–Crippen MR) is 45.7 cm³/mol. The molecule has 0 aliphatic carbocycles. The van der Waals surface area contributed by atoms with E-state index < -0.39 is 30.3 Å². The summed E-state index contributed by atoms with van der Waals surface area (Å²) in [6, 6.07) is -1.14. The highest BCUT2D eigenvalue weighted by atomic mass is 32.1. The Morgan fingerprint density at radius 2 is 1.85 bits per heavy atom. The minimum absolute atomic E-state index is 0.0826. The summed E-state index contributed by atoms with van der Waals surface area (Å²) in [6.45, 7) is 0. The molecule has 0 rings (SSSR count). The SMILES string of the molecule is O=C(O)CC(=O)NC(CS)C(=O)O. The van der Waals surface area contributed by atoms with Crippen molar-refractivity contribution < 1.29 is 24.6 Å². The van der Waals surface area contributed by atoms with Crippen LogP contribution in [-0.4, -0.2) is 39.9 Å². The Kier molecular flexibility index (Phi) is 4.90. The van der Waals surface area contributed by atoms with E-state index in [-0.39, 0.29) is 5.75 Å². The highest BCUT2D eigenvalue weighted by Gasteiger charge is 2.18. The van der Waals surface area contributed by atoms with Crippen molar-refractivity contribution in [3.05, 3.63) is 0 Å². The second-order valence-corrected chi connectivity index (χ2v) is 2.58. The zero-order valence-electron chi connectivity index (χ0n) is 6.56. The average molecular weight is 207 g/mol. The first-order valence-corrected chi connectivity index (χ1v) is 3.95. The van der Waals surface area contributed by atoms with Gasteiger partial charge in [0.25, 0.3) is 0 Å². The first kappa shape index (κ1) is 11.8. The largest absolute Gasteiger partial charge is 0.481 e. The van der Waals surface area contributed by atoms with Gasteiger partial charge in [-0.25, -0.2) is 4.79 Å². The molecule has 0 heterocycles. The van der Waals surface area contributed by atoms with Gasteiger partial charge in [-0.2, -0.15) is 12.6 Å². The Morgan fingerprint density at radius 1 is 1.31 bits per heavy atom. The fraction of sp³-hybridized carbons (Fsp3) is 0.500. The van der Waals surface area contributed by atoms with Crippen LogP contribution in [0, 0.1) is 0 Å². The van der Waals surface area contributed by atoms with E-state index in [0.29, 0.717) is 0 Å². The number of hydrogen-bond acceptors (Lipinski definition) is 4. The van der Waals surface area contributed by atoms with Gasteiger partial charge in [0.1, 0.15) is 12.5 Å². The van der Waals surface area contributed by atoms with Crippen LogP contribution in [-0.2, 0) is 14.4 Å². The molecule has 0 aliphatic heterocycles. The Bertz CT molecular complexity index is 229. The number of thiol groups is 1. The van der Waals surface area contributed by atoms with Gasteiger partial charge in [0.2, 0.25) is 5.91 Å². The molecule has 0 aromatic rings. The van der Waals surface area contributed by atoms with Gasteiger partial charge in [-0.15, -0.1) is 0 Å². The van der Waals surface area contributed by atoms with Gasteiger partial charge >= 0.3 is 11.9 Å². The number of carboxylic acid groups (broad SMARTS) is 2. The second kappa shape index (κ2) is 5.41. The van der Waals surface area contributed by atoms with E-state index in [1.165, 1.54) is 0 Å². The molecule has 1 atom stereocenters. The van der Waals surface area contributed by atoms with Crippen LogP contribution in [0.2, 0.25) is 0 Å². The third-order valence-electron chi connectivity index (χ3n) is 1.13. The van der Waals surface area contributed by atoms with Gasteiger partial charge in [-0.05, 0) is 0 Å². The lowest BCUT2D eigenvalue weighted by molar-refractivity contribution is -0.144. The molecule has 13 heavy (non-hydrogen) atoms. The molecule has 6 nitrogen and oxygen atoms in total. The molecular weight excluding hydrogens is 198 g/mol. The fourth-order valence-corrected chi connectivity index (χ4v) is 0.816. The number of aliphatic carboxylic acids is 2. The molecule has 0 aromatic heterocycles. The first-order chi connectivity index (χ1) is 5.97. The van der Waals surface area contributed by atoms with Crippen molar-refractivity contribution in [2.45, 2.75) is 12.5 Å². The van der Waals surface area contributed by atoms with Crippen LogP contribution in [0.5, 0.6) is 0 Å². The molecular formula is C6H9NO5S. The third kappa shape index (κ3) is 5.07. The molecule has 1 amide bonds. The number of rotatable bonds is 5. The number of amides is 1. The maximum absolute atomic E-state index is 10.7. The highest BCUT2D eigenvalue weighted by Crippen LogP contribution is 1.90. The van der Waals surface area contributed by atoms with Gasteiger partial charge < -0.3 is 15.5 Å². The quantitative estimate of drug-likeness (QED) is 0.340. The van der Waals surface area contributed by atoms with Crippen molar-refractivity contribution in [2.75, 3.05) is 5.75 Å². The molecule has 0 aliphatic rings. The highest BCUT2D eigenvalue weighted by molar-refractivity contribution is 7.80. The standard InChI is InChI=1S/C6H9NO5S/c8-4(1-5(9)10)7-3(2-13)6(11)12/h3,13H,1-2H2,(H,7,8)(H,9,10)(H,11,12). The smallest absolute Gasteiger partial charge is 0.327 e. The minimum Gasteiger partial charge on any atom is -0.481 e. The molecule has 0 bridgehead atoms. The van der Waals surface area contributed by atoms with E-state index in [4.69, 9.17) is 10.2 Å². The van der Waals surface area contributed by atoms with Crippen molar-refractivity contribution >= 4 is 30.5 Å². The van der Waals surface area contributed by atoms with Crippen molar-refractivity contribution in [2.24, 2.45) is 0 Å². The maximum Gasteiger partial charge on any atom is 0.327 e. The van der Waals surface area contributed by atoms with Crippen molar-refractivity contribution in [1.29, 1.82) is 0 Å². The number of hydrogen-bond donors (Lipinski definition) is 4. The molecule has 1 unspecified atom stereocenters. The number of carboxylic acids is 2. The summed E-state index contributed by atoms with van der Waals surface area (Å²) in [4.78, 5) is 31.1. The van der Waals surface area contributed by atoms with Gasteiger partial charge in [0.05, 0.1) is 0 Å². The van der Waals surface area contributed by atoms with Crippen molar-refractivity contribution in [1.82, 2.24) is 5.32 Å². The molecule has 74 valence electrons. The summed E-state index contributed by atoms with van der Waals surface area (Å²) >= 11 is 3.68. The van der Waals surface area contributed by atoms with Crippen LogP contribution in [0.4, 0.5) is 0 Å². The summed E-state index contributed by atoms with van der Waals surface area (Å²) in [5.41, 5.74) is 0. The lowest BCUT2D eigenvalue weighted by Crippen LogP contribution is -2.42. The second-order valence-electron chi connectivity index (χ2n) is 2.21. The number of nitrogens with one attached hydrogen (secondary N) is 1. The average Bonchev–Trinajstić information content (AvgIpc) is 1.98. The van der Waals surface area contributed by atoms with Crippen LogP contribution in [0.1, 0.15) is 6.42 Å². The maximum atomic E-state index is 10.7. The minimum atomic E-state index is -1.30. The Hall–Kier alpha value is -1.24. The third-order valence-corrected chi connectivity index (χ3v) is 1.49. The molecule has 7 heteroatoms. The lowest BCUT2D eigenvalue weighted by atomic mass is 10.3. The topological polar surface area (TPSA) is 104 Å². The van der Waals surface area contributed by atoms with Gasteiger partial charge in [0.15, 0.2) is 0 Å². The normalized spacial score (nSPS) is 11.8. The zero-order valence-corrected chi connectivity index (χ0v) is 7.45. The first-order valence-electron chi connectivity index (χ1n) is 3.32. The molecule has 0 aromatic carbocycles. The van der Waals surface area contributed by atoms with Crippen LogP contribution in [0.15, 0.2) is 0 Å². The fourth-order valence-electron chi connectivity index (χ4n) is 0.568. The molecule has 0 fully saturated rings. The van der Waals surface area contributed by atoms with Crippen molar-refractivity contribution in [3.63, 3.8) is 0 Å². The molecule has 0 saturated carbocycles. The van der Waals surface area contributed by atoms with Crippen LogP contribution < -0.4 is 5.32 Å². The van der Waals surface area contributed by atoms with Crippen LogP contribution >= 0.6 is 12.6 Å². The summed E-state index contributed by atoms with van der Waals surface area (Å²) in [5, 5.41) is 18.6. The van der Waals surface area contributed by atoms with Crippen LogP contribution in [0.3, 0.4) is 0 Å². The summed E-state index contributed by atoms with van der Waals surface area (Å²) in [7, 11) is 0. The summed E-state index contributed by atoms with van der Waals surface area (Å²) < 4.78 is 0. The van der Waals surface area contributed by atoms with Gasteiger partial charge in [-0.1, -0.05) is 0 Å². The Morgan fingerprint density at radius 3 is 2.15 bits per heavy atom. The van der Waals surface area contributed by atoms with Gasteiger partial charge in [-0.3, -0.25) is 9.59 Å². The van der Waals surface area contributed by atoms with Gasteiger partial charge in [0, 0.05) is 5.75 Å². The van der Waals surface area contributed by atoms with Crippen molar-refractivity contribution in [3.8, 4) is 0 Å². The Balaban J connectivity index is 4.01. The zero-order chi connectivity index (χ0) is 10.4. The Labute approximate surface area is 79.3 Å². The number of carbonyl (C=O) groups is 3. The van der Waals surface area contributed by atoms with E-state index in [0.717, 1.165) is 0 Å². The molecule has 3 N–H and O–H groups in total. The van der Waals surface area contributed by atoms with E-state index >= 15 is 0 Å². The van der Waals surface area contributed by atoms with E-state index in [9.17, 15) is 14.4 Å². The summed E-state index contributed by atoms with van der Waals surface area (Å²) in [5.74, 6) is -3.47. The predicted octanol–water partition coefficient (Wildman–Crippen LogP) is -1.04. The van der Waals surface area contributed by atoms with E-state index in [1.807, 2.05) is 5.32 Å².